The fourth-order valence-corrected chi connectivity index (χ4v) is 5.37. The highest BCUT2D eigenvalue weighted by Gasteiger charge is 2.35. The van der Waals surface area contributed by atoms with Crippen molar-refractivity contribution < 1.29 is 46.1 Å². The fourth-order valence-electron chi connectivity index (χ4n) is 5.37. The van der Waals surface area contributed by atoms with Gasteiger partial charge in [0.05, 0.1) is 25.1 Å². The first-order chi connectivity index (χ1) is 21.2. The molecule has 2 atom stereocenters. The Hall–Kier alpha value is -5.20. The van der Waals surface area contributed by atoms with Crippen LogP contribution in [-0.2, 0) is 15.8 Å². The Bertz CT molecular complexity index is 1900. The summed E-state index contributed by atoms with van der Waals surface area (Å²) in [6.07, 6.45) is -5.03. The minimum absolute atomic E-state index is 0.0153. The van der Waals surface area contributed by atoms with Crippen LogP contribution in [-0.4, -0.2) is 28.7 Å². The molecule has 0 radical (unpaired) electrons. The molecule has 2 N–H and O–H groups in total. The van der Waals surface area contributed by atoms with E-state index in [9.17, 15) is 32.7 Å². The summed E-state index contributed by atoms with van der Waals surface area (Å²) in [7, 11) is 1.43. The number of fused-ring (bicyclic) bond motifs is 6. The van der Waals surface area contributed by atoms with Gasteiger partial charge in [-0.05, 0) is 73.0 Å². The maximum atomic E-state index is 15.7. The van der Waals surface area contributed by atoms with E-state index in [4.69, 9.17) is 9.47 Å². The van der Waals surface area contributed by atoms with Gasteiger partial charge in [-0.15, -0.1) is 0 Å². The van der Waals surface area contributed by atoms with Gasteiger partial charge in [-0.25, -0.2) is 8.78 Å². The van der Waals surface area contributed by atoms with Crippen molar-refractivity contribution in [3.05, 3.63) is 111 Å². The number of carbonyl (C=O) groups is 2. The summed E-state index contributed by atoms with van der Waals surface area (Å²) in [5.74, 6) is -3.92. The van der Waals surface area contributed by atoms with E-state index in [2.05, 4.69) is 5.32 Å². The van der Waals surface area contributed by atoms with Crippen LogP contribution < -0.4 is 20.3 Å². The van der Waals surface area contributed by atoms with Crippen molar-refractivity contribution in [1.29, 1.82) is 0 Å². The van der Waals surface area contributed by atoms with Crippen LogP contribution in [0, 0.1) is 25.5 Å². The molecule has 2 unspecified atom stereocenters. The molecule has 3 aromatic carbocycles. The summed E-state index contributed by atoms with van der Waals surface area (Å²) in [4.78, 5) is 38.8. The number of aryl methyl sites for hydroxylation is 2. The van der Waals surface area contributed by atoms with Crippen LogP contribution in [0.4, 0.5) is 22.0 Å². The minimum Gasteiger partial charge on any atom is -0.497 e. The molecular weight excluding hydrogens is 603 g/mol. The lowest BCUT2D eigenvalue weighted by Gasteiger charge is -2.25. The molecule has 4 bridgehead atoms. The van der Waals surface area contributed by atoms with E-state index in [1.807, 2.05) is 0 Å². The van der Waals surface area contributed by atoms with Gasteiger partial charge in [0.2, 0.25) is 5.91 Å². The Balaban J connectivity index is 1.83. The molecule has 0 saturated heterocycles. The molecule has 2 heterocycles. The Kier molecular flexibility index (Phi) is 8.13. The topological polar surface area (TPSA) is 107 Å². The van der Waals surface area contributed by atoms with Crippen LogP contribution in [0.25, 0.3) is 11.1 Å². The number of alkyl halides is 3. The molecule has 4 aromatic rings. The van der Waals surface area contributed by atoms with E-state index >= 15 is 8.78 Å². The maximum Gasteiger partial charge on any atom is 0.416 e. The van der Waals surface area contributed by atoms with Crippen molar-refractivity contribution in [3.63, 3.8) is 0 Å². The summed E-state index contributed by atoms with van der Waals surface area (Å²) in [6.45, 7) is 3.18. The number of hydrogen-bond acceptors (Lipinski definition) is 5. The number of rotatable bonds is 4. The lowest BCUT2D eigenvalue weighted by molar-refractivity contribution is -0.138. The maximum absolute atomic E-state index is 15.7. The molecule has 45 heavy (non-hydrogen) atoms. The van der Waals surface area contributed by atoms with E-state index in [-0.39, 0.29) is 28.7 Å². The second-order valence-electron chi connectivity index (χ2n) is 10.5. The van der Waals surface area contributed by atoms with Gasteiger partial charge < -0.3 is 19.9 Å². The lowest BCUT2D eigenvalue weighted by atomic mass is 9.92. The zero-order chi connectivity index (χ0) is 32.8. The van der Waals surface area contributed by atoms with Gasteiger partial charge in [-0.3, -0.25) is 19.0 Å². The van der Waals surface area contributed by atoms with E-state index in [0.29, 0.717) is 39.3 Å². The molecule has 234 valence electrons. The van der Waals surface area contributed by atoms with Crippen molar-refractivity contribution >= 4 is 11.9 Å². The number of benzene rings is 3. The van der Waals surface area contributed by atoms with Gasteiger partial charge in [0.25, 0.3) is 5.56 Å². The second kappa shape index (κ2) is 11.7. The van der Waals surface area contributed by atoms with E-state index < -0.39 is 64.9 Å². The lowest BCUT2D eigenvalue weighted by Crippen LogP contribution is -2.40. The fraction of sp³-hybridized carbons (Fsp3) is 0.219. The number of methoxy groups -OCH3 is 1. The number of nitrogens with one attached hydrogen (secondary N) is 1. The SMILES string of the molecule is COc1cc(C)c2c(c1)Oc1ccc(F)c(c1)C(n1ccc(C(F)(F)F)cc1=O)C(=O)NC(CC(=O)O)c1cc-2cc(C)c1F. The molecule has 0 fully saturated rings. The first kappa shape index (κ1) is 31.2. The number of nitrogens with zero attached hydrogens (tertiary/aromatic N) is 1. The summed E-state index contributed by atoms with van der Waals surface area (Å²) >= 11 is 0. The molecule has 1 amide bonds. The van der Waals surface area contributed by atoms with Crippen LogP contribution in [0.5, 0.6) is 17.2 Å². The molecule has 1 aliphatic heterocycles. The third kappa shape index (κ3) is 6.10. The zero-order valence-corrected chi connectivity index (χ0v) is 24.0. The van der Waals surface area contributed by atoms with Crippen molar-refractivity contribution in [2.45, 2.75) is 38.5 Å². The van der Waals surface area contributed by atoms with Crippen molar-refractivity contribution in [2.75, 3.05) is 7.11 Å². The quantitative estimate of drug-likeness (QED) is 0.251. The van der Waals surface area contributed by atoms with Crippen LogP contribution in [0.3, 0.4) is 0 Å². The number of pyridine rings is 1. The number of ether oxygens (including phenoxy) is 2. The van der Waals surface area contributed by atoms with Crippen LogP contribution in [0.2, 0.25) is 0 Å². The number of carboxylic acids is 1. The van der Waals surface area contributed by atoms with Crippen LogP contribution in [0.15, 0.2) is 65.6 Å². The Morgan fingerprint density at radius 2 is 1.73 bits per heavy atom. The van der Waals surface area contributed by atoms with Crippen LogP contribution >= 0.6 is 0 Å². The highest BCUT2D eigenvalue weighted by molar-refractivity contribution is 5.85. The number of hydrogen-bond donors (Lipinski definition) is 2. The van der Waals surface area contributed by atoms with E-state index in [1.165, 1.54) is 38.3 Å². The normalized spacial score (nSPS) is 16.3. The Labute approximate surface area is 252 Å². The number of aromatic nitrogens is 1. The van der Waals surface area contributed by atoms with Gasteiger partial charge in [-0.2, -0.15) is 13.2 Å². The number of aliphatic carboxylic acids is 1. The third-order valence-corrected chi connectivity index (χ3v) is 7.44. The second-order valence-corrected chi connectivity index (χ2v) is 10.5. The molecule has 1 aliphatic rings. The van der Waals surface area contributed by atoms with Gasteiger partial charge >= 0.3 is 12.1 Å². The number of carboxylic acid groups (broad SMARTS) is 1. The van der Waals surface area contributed by atoms with Crippen molar-refractivity contribution in [2.24, 2.45) is 0 Å². The molecule has 0 aliphatic carbocycles. The van der Waals surface area contributed by atoms with Gasteiger partial charge in [0.1, 0.15) is 34.9 Å². The monoisotopic (exact) mass is 628 g/mol. The molecule has 5 rings (SSSR count). The summed E-state index contributed by atoms with van der Waals surface area (Å²) in [5.41, 5.74) is -1.73. The van der Waals surface area contributed by atoms with E-state index in [1.54, 1.807) is 13.0 Å². The number of halogens is 5. The largest absolute Gasteiger partial charge is 0.497 e. The van der Waals surface area contributed by atoms with Crippen molar-refractivity contribution in [1.82, 2.24) is 9.88 Å². The highest BCUT2D eigenvalue weighted by Crippen LogP contribution is 2.42. The Morgan fingerprint density at radius 3 is 2.38 bits per heavy atom. The summed E-state index contributed by atoms with van der Waals surface area (Å²) in [6, 6.07) is 6.67. The smallest absolute Gasteiger partial charge is 0.416 e. The first-order valence-electron chi connectivity index (χ1n) is 13.5. The number of carbonyl (C=O) groups excluding carboxylic acids is 1. The minimum atomic E-state index is -4.89. The molecule has 0 spiro atoms. The van der Waals surface area contributed by atoms with Gasteiger partial charge in [0.15, 0.2) is 0 Å². The third-order valence-electron chi connectivity index (χ3n) is 7.44. The highest BCUT2D eigenvalue weighted by atomic mass is 19.4. The first-order valence-corrected chi connectivity index (χ1v) is 13.5. The number of amides is 1. The molecule has 0 saturated carbocycles. The predicted molar refractivity (Wildman–Crippen MR) is 151 cm³/mol. The molecular formula is C32H25F5N2O6. The Morgan fingerprint density at radius 1 is 1.00 bits per heavy atom. The van der Waals surface area contributed by atoms with Crippen LogP contribution in [0.1, 0.15) is 46.3 Å². The summed E-state index contributed by atoms with van der Waals surface area (Å²) in [5, 5.41) is 12.1. The molecule has 13 heteroatoms. The molecule has 8 nitrogen and oxygen atoms in total. The van der Waals surface area contributed by atoms with Crippen molar-refractivity contribution in [3.8, 4) is 28.4 Å². The summed E-state index contributed by atoms with van der Waals surface area (Å²) < 4.78 is 83.4. The van der Waals surface area contributed by atoms with E-state index in [0.717, 1.165) is 12.1 Å². The van der Waals surface area contributed by atoms with Gasteiger partial charge in [-0.1, -0.05) is 0 Å². The van der Waals surface area contributed by atoms with Gasteiger partial charge in [0, 0.05) is 35.0 Å². The average Bonchev–Trinajstić information content (AvgIpc) is 2.95. The molecule has 1 aromatic heterocycles. The standard InChI is InChI=1S/C32H25F5N2O6/c1-15-9-20(44-3)13-25-28(15)17-8-16(2)29(34)22(10-17)24(14-27(41)42)38-31(43)30(21-12-19(45-25)4-5-23(21)33)39-7-6-18(11-26(39)40)32(35,36)37/h4-13,24,30H,14H2,1-3H3,(H,38,43)(H,41,42). The predicted octanol–water partition coefficient (Wildman–Crippen LogP) is 6.47. The average molecular weight is 629 g/mol. The zero-order valence-electron chi connectivity index (χ0n) is 24.0.